The lowest BCUT2D eigenvalue weighted by Crippen LogP contribution is -2.48. The third-order valence-electron chi connectivity index (χ3n) is 6.79. The summed E-state index contributed by atoms with van der Waals surface area (Å²) >= 11 is 0. The van der Waals surface area contributed by atoms with E-state index in [1.807, 2.05) is 19.9 Å². The van der Waals surface area contributed by atoms with Crippen molar-refractivity contribution in [3.63, 3.8) is 0 Å². The molecule has 0 unspecified atom stereocenters. The van der Waals surface area contributed by atoms with Gasteiger partial charge >= 0.3 is 6.03 Å². The van der Waals surface area contributed by atoms with Crippen LogP contribution in [0.15, 0.2) is 30.5 Å². The van der Waals surface area contributed by atoms with E-state index in [0.717, 1.165) is 38.0 Å². The summed E-state index contributed by atoms with van der Waals surface area (Å²) in [6.07, 6.45) is 4.23. The number of carbonyl (C=O) groups excluding carboxylic acids is 2. The zero-order chi connectivity index (χ0) is 24.9. The van der Waals surface area contributed by atoms with Gasteiger partial charge in [-0.15, -0.1) is 0 Å². The molecule has 3 fully saturated rings. The number of hydrogen-bond acceptors (Lipinski definition) is 8. The first-order chi connectivity index (χ1) is 17.3. The maximum Gasteiger partial charge on any atom is 0.329 e. The minimum atomic E-state index is -0.613. The van der Waals surface area contributed by atoms with Crippen molar-refractivity contribution in [3.8, 4) is 5.75 Å². The largest absolute Gasteiger partial charge is 0.491 e. The molecule has 1 aliphatic carbocycles. The number of nitrogens with one attached hydrogen (secondary N) is 2. The van der Waals surface area contributed by atoms with E-state index in [9.17, 15) is 9.59 Å². The van der Waals surface area contributed by atoms with Gasteiger partial charge in [-0.1, -0.05) is 0 Å². The Kier molecular flexibility index (Phi) is 5.68. The fraction of sp³-hybridized carbons (Fsp3) is 0.520. The summed E-state index contributed by atoms with van der Waals surface area (Å²) in [5.74, 6) is 0.611. The second kappa shape index (κ2) is 8.90. The smallest absolute Gasteiger partial charge is 0.329 e. The van der Waals surface area contributed by atoms with Crippen molar-refractivity contribution in [1.29, 1.82) is 0 Å². The normalized spacial score (nSPS) is 23.8. The molecule has 2 aromatic heterocycles. The Hall–Kier alpha value is -3.44. The van der Waals surface area contributed by atoms with E-state index in [-0.39, 0.29) is 30.1 Å². The van der Waals surface area contributed by atoms with Gasteiger partial charge in [0.25, 0.3) is 5.91 Å². The van der Waals surface area contributed by atoms with E-state index in [4.69, 9.17) is 14.2 Å². The van der Waals surface area contributed by atoms with Crippen LogP contribution in [-0.4, -0.2) is 72.2 Å². The molecule has 5 heterocycles. The molecular formula is C25H30N6O5. The topological polar surface area (TPSA) is 118 Å². The zero-order valence-electron chi connectivity index (χ0n) is 20.4. The van der Waals surface area contributed by atoms with Gasteiger partial charge in [0.1, 0.15) is 30.0 Å². The van der Waals surface area contributed by atoms with Gasteiger partial charge in [0.05, 0.1) is 18.3 Å². The van der Waals surface area contributed by atoms with Crippen LogP contribution in [0.5, 0.6) is 5.75 Å². The predicted molar refractivity (Wildman–Crippen MR) is 131 cm³/mol. The number of urea groups is 1. The second-order valence-electron chi connectivity index (χ2n) is 10.1. The molecule has 6 rings (SSSR count). The number of anilines is 3. The number of ether oxygens (including phenoxy) is 3. The molecule has 2 aromatic rings. The van der Waals surface area contributed by atoms with Crippen molar-refractivity contribution in [3.05, 3.63) is 36.2 Å². The number of aromatic nitrogens is 2. The molecule has 11 nitrogen and oxygen atoms in total. The van der Waals surface area contributed by atoms with Crippen molar-refractivity contribution in [1.82, 2.24) is 15.3 Å². The molecule has 3 aliphatic heterocycles. The lowest BCUT2D eigenvalue weighted by atomic mass is 10.1. The molecule has 4 aliphatic rings. The van der Waals surface area contributed by atoms with Gasteiger partial charge in [0, 0.05) is 31.4 Å². The Morgan fingerprint density at radius 1 is 1.22 bits per heavy atom. The van der Waals surface area contributed by atoms with E-state index in [1.165, 1.54) is 0 Å². The first-order valence-corrected chi connectivity index (χ1v) is 12.4. The summed E-state index contributed by atoms with van der Waals surface area (Å²) in [4.78, 5) is 38.9. The molecule has 3 amide bonds. The molecule has 2 saturated heterocycles. The molecule has 0 spiro atoms. The van der Waals surface area contributed by atoms with E-state index in [0.29, 0.717) is 36.3 Å². The first kappa shape index (κ1) is 23.0. The van der Waals surface area contributed by atoms with Crippen molar-refractivity contribution in [2.24, 2.45) is 0 Å². The van der Waals surface area contributed by atoms with Crippen LogP contribution >= 0.6 is 0 Å². The van der Waals surface area contributed by atoms with Gasteiger partial charge in [-0.2, -0.15) is 0 Å². The van der Waals surface area contributed by atoms with E-state index >= 15 is 0 Å². The minimum absolute atomic E-state index is 0.0333. The highest BCUT2D eigenvalue weighted by molar-refractivity contribution is 6.05. The second-order valence-corrected chi connectivity index (χ2v) is 10.1. The molecular weight excluding hydrogens is 464 g/mol. The molecule has 1 saturated carbocycles. The molecule has 0 aromatic carbocycles. The average Bonchev–Trinajstić information content (AvgIpc) is 3.46. The summed E-state index contributed by atoms with van der Waals surface area (Å²) in [5, 5.41) is 5.86. The summed E-state index contributed by atoms with van der Waals surface area (Å²) in [6.45, 7) is 6.09. The quantitative estimate of drug-likeness (QED) is 0.629. The molecule has 2 bridgehead atoms. The van der Waals surface area contributed by atoms with Crippen LogP contribution in [0.4, 0.5) is 22.1 Å². The lowest BCUT2D eigenvalue weighted by molar-refractivity contribution is -0.141. The van der Waals surface area contributed by atoms with Crippen LogP contribution in [0.25, 0.3) is 0 Å². The van der Waals surface area contributed by atoms with E-state index < -0.39 is 5.79 Å². The van der Waals surface area contributed by atoms with Crippen LogP contribution in [0.3, 0.4) is 0 Å². The van der Waals surface area contributed by atoms with Gasteiger partial charge in [-0.05, 0) is 51.3 Å². The fourth-order valence-corrected chi connectivity index (χ4v) is 4.86. The van der Waals surface area contributed by atoms with Crippen LogP contribution < -0.4 is 25.2 Å². The SMILES string of the molecule is CC1(C)OC[C@H](COc2ccnc(NC(=O)N3c4nc(C(=O)NC5CC5)ccc4N4CC[C@H]3C4)c2)O1. The molecule has 36 heavy (non-hydrogen) atoms. The molecule has 190 valence electrons. The average molecular weight is 495 g/mol. The molecule has 2 N–H and O–H groups in total. The number of amides is 3. The summed E-state index contributed by atoms with van der Waals surface area (Å²) < 4.78 is 17.2. The zero-order valence-corrected chi connectivity index (χ0v) is 20.4. The van der Waals surface area contributed by atoms with Gasteiger partial charge < -0.3 is 24.4 Å². The summed E-state index contributed by atoms with van der Waals surface area (Å²) in [7, 11) is 0. The van der Waals surface area contributed by atoms with Gasteiger partial charge in [-0.25, -0.2) is 14.8 Å². The van der Waals surface area contributed by atoms with Crippen LogP contribution in [0.1, 0.15) is 43.6 Å². The van der Waals surface area contributed by atoms with Gasteiger partial charge in [-0.3, -0.25) is 15.0 Å². The van der Waals surface area contributed by atoms with Gasteiger partial charge in [0.2, 0.25) is 0 Å². The van der Waals surface area contributed by atoms with Crippen LogP contribution in [-0.2, 0) is 9.47 Å². The fourth-order valence-electron chi connectivity index (χ4n) is 4.86. The highest BCUT2D eigenvalue weighted by Crippen LogP contribution is 2.39. The number of rotatable bonds is 6. The number of carbonyl (C=O) groups is 2. The maximum absolute atomic E-state index is 13.5. The van der Waals surface area contributed by atoms with E-state index in [1.54, 1.807) is 29.3 Å². The molecule has 11 heteroatoms. The van der Waals surface area contributed by atoms with Crippen LogP contribution in [0.2, 0.25) is 0 Å². The van der Waals surface area contributed by atoms with Crippen molar-refractivity contribution in [2.75, 3.05) is 41.4 Å². The summed E-state index contributed by atoms with van der Waals surface area (Å²) in [5.41, 5.74) is 1.17. The monoisotopic (exact) mass is 494 g/mol. The summed E-state index contributed by atoms with van der Waals surface area (Å²) in [6, 6.07) is 6.88. The van der Waals surface area contributed by atoms with E-state index in [2.05, 4.69) is 25.5 Å². The van der Waals surface area contributed by atoms with Crippen molar-refractivity contribution < 1.29 is 23.8 Å². The van der Waals surface area contributed by atoms with Crippen LogP contribution in [0, 0.1) is 0 Å². The Labute approximate surface area is 209 Å². The highest BCUT2D eigenvalue weighted by Gasteiger charge is 2.41. The van der Waals surface area contributed by atoms with Crippen molar-refractivity contribution in [2.45, 2.75) is 57.1 Å². The number of hydrogen-bond donors (Lipinski definition) is 2. The minimum Gasteiger partial charge on any atom is -0.491 e. The standard InChI is InChI=1S/C25H30N6O5/c1-25(2)35-14-18(36-25)13-34-17-7-9-26-21(11-17)29-24(33)31-16-8-10-30(12-16)20-6-5-19(28-22(20)31)23(32)27-15-3-4-15/h5-7,9,11,15-16,18H,3-4,8,10,12-14H2,1-2H3,(H,27,32)(H,26,29,33)/t16-,18-/m0/s1. The Morgan fingerprint density at radius 3 is 2.86 bits per heavy atom. The number of pyridine rings is 2. The first-order valence-electron chi connectivity index (χ1n) is 12.4. The van der Waals surface area contributed by atoms with Crippen molar-refractivity contribution >= 4 is 29.3 Å². The Morgan fingerprint density at radius 2 is 2.08 bits per heavy atom. The predicted octanol–water partition coefficient (Wildman–Crippen LogP) is 2.53. The number of nitrogens with zero attached hydrogens (tertiary/aromatic N) is 4. The lowest BCUT2D eigenvalue weighted by Gasteiger charge is -2.35. The Balaban J connectivity index is 1.17. The third kappa shape index (κ3) is 4.68. The Bertz CT molecular complexity index is 1190. The molecule has 0 radical (unpaired) electrons. The van der Waals surface area contributed by atoms with Gasteiger partial charge in [0.15, 0.2) is 11.6 Å². The third-order valence-corrected chi connectivity index (χ3v) is 6.79. The highest BCUT2D eigenvalue weighted by atomic mass is 16.7. The number of fused-ring (bicyclic) bond motifs is 4. The maximum atomic E-state index is 13.5. The molecule has 2 atom stereocenters.